The van der Waals surface area contributed by atoms with Crippen LogP contribution in [0, 0.1) is 0 Å². The van der Waals surface area contributed by atoms with E-state index in [1.807, 2.05) is 6.08 Å². The Balaban J connectivity index is 2.93. The largest absolute Gasteiger partial charge is 0.377 e. The van der Waals surface area contributed by atoms with E-state index in [1.54, 1.807) is 0 Å². The molecule has 0 unspecified atom stereocenters. The van der Waals surface area contributed by atoms with Gasteiger partial charge in [0.25, 0.3) is 0 Å². The first-order chi connectivity index (χ1) is 11.4. The predicted molar refractivity (Wildman–Crippen MR) is 105 cm³/mol. The summed E-state index contributed by atoms with van der Waals surface area (Å²) in [5, 5.41) is 0. The minimum Gasteiger partial charge on any atom is -0.377 e. The zero-order chi connectivity index (χ0) is 16.8. The van der Waals surface area contributed by atoms with Crippen molar-refractivity contribution in [2.24, 2.45) is 0 Å². The van der Waals surface area contributed by atoms with Crippen LogP contribution in [0.3, 0.4) is 0 Å². The second kappa shape index (κ2) is 21.7. The molecule has 0 aromatic rings. The average molecular weight is 325 g/mol. The number of ether oxygens (including phenoxy) is 1. The van der Waals surface area contributed by atoms with Gasteiger partial charge in [0, 0.05) is 6.61 Å². The highest BCUT2D eigenvalue weighted by Gasteiger charge is 1.94. The van der Waals surface area contributed by atoms with Gasteiger partial charge in [-0.25, -0.2) is 0 Å². The first-order valence-electron chi connectivity index (χ1n) is 10.6. The van der Waals surface area contributed by atoms with Crippen molar-refractivity contribution < 1.29 is 4.74 Å². The van der Waals surface area contributed by atoms with Gasteiger partial charge in [0.2, 0.25) is 0 Å². The SMILES string of the molecule is C=CCOCCCCCCCCCCCCCCCCCCC. The van der Waals surface area contributed by atoms with E-state index >= 15 is 0 Å². The second-order valence-electron chi connectivity index (χ2n) is 7.02. The Morgan fingerprint density at radius 1 is 0.565 bits per heavy atom. The molecule has 138 valence electrons. The monoisotopic (exact) mass is 324 g/mol. The van der Waals surface area contributed by atoms with Gasteiger partial charge in [0.1, 0.15) is 0 Å². The fourth-order valence-electron chi connectivity index (χ4n) is 3.10. The molecule has 0 atom stereocenters. The molecule has 0 heterocycles. The Morgan fingerprint density at radius 3 is 1.26 bits per heavy atom. The van der Waals surface area contributed by atoms with Gasteiger partial charge < -0.3 is 4.74 Å². The van der Waals surface area contributed by atoms with E-state index in [0.29, 0.717) is 6.61 Å². The molecule has 0 saturated heterocycles. The number of hydrogen-bond acceptors (Lipinski definition) is 1. The topological polar surface area (TPSA) is 9.23 Å². The highest BCUT2D eigenvalue weighted by atomic mass is 16.5. The van der Waals surface area contributed by atoms with Crippen LogP contribution in [0.15, 0.2) is 12.7 Å². The maximum atomic E-state index is 5.39. The standard InChI is InChI=1S/C22H44O/c1-3-5-6-7-8-9-10-11-12-13-14-15-16-17-18-19-20-22-23-21-4-2/h4H,2-3,5-22H2,1H3. The van der Waals surface area contributed by atoms with Crippen LogP contribution in [0.2, 0.25) is 0 Å². The minimum absolute atomic E-state index is 0.707. The Kier molecular flexibility index (Phi) is 21.4. The van der Waals surface area contributed by atoms with Gasteiger partial charge in [0.05, 0.1) is 6.61 Å². The Labute approximate surface area is 147 Å². The smallest absolute Gasteiger partial charge is 0.0644 e. The van der Waals surface area contributed by atoms with Gasteiger partial charge in [-0.1, -0.05) is 116 Å². The van der Waals surface area contributed by atoms with Crippen LogP contribution in [0.5, 0.6) is 0 Å². The molecule has 0 aliphatic rings. The Morgan fingerprint density at radius 2 is 0.913 bits per heavy atom. The molecule has 0 radical (unpaired) electrons. The molecule has 1 heteroatoms. The van der Waals surface area contributed by atoms with Crippen LogP contribution < -0.4 is 0 Å². The molecule has 0 aromatic carbocycles. The first kappa shape index (κ1) is 22.7. The van der Waals surface area contributed by atoms with Gasteiger partial charge >= 0.3 is 0 Å². The van der Waals surface area contributed by atoms with Crippen molar-refractivity contribution in [2.75, 3.05) is 13.2 Å². The third kappa shape index (κ3) is 21.7. The summed E-state index contributed by atoms with van der Waals surface area (Å²) in [7, 11) is 0. The zero-order valence-corrected chi connectivity index (χ0v) is 16.1. The lowest BCUT2D eigenvalue weighted by molar-refractivity contribution is 0.157. The van der Waals surface area contributed by atoms with Crippen molar-refractivity contribution in [1.82, 2.24) is 0 Å². The summed E-state index contributed by atoms with van der Waals surface area (Å²) in [6.07, 6.45) is 26.1. The number of rotatable bonds is 20. The lowest BCUT2D eigenvalue weighted by Crippen LogP contribution is -1.93. The summed E-state index contributed by atoms with van der Waals surface area (Å²) < 4.78 is 5.39. The van der Waals surface area contributed by atoms with Crippen LogP contribution in [-0.2, 0) is 4.74 Å². The van der Waals surface area contributed by atoms with Crippen LogP contribution in [0.25, 0.3) is 0 Å². The Bertz CT molecular complexity index is 212. The molecule has 0 saturated carbocycles. The van der Waals surface area contributed by atoms with Crippen molar-refractivity contribution in [3.8, 4) is 0 Å². The van der Waals surface area contributed by atoms with E-state index in [2.05, 4.69) is 13.5 Å². The van der Waals surface area contributed by atoms with Crippen LogP contribution in [-0.4, -0.2) is 13.2 Å². The van der Waals surface area contributed by atoms with Crippen LogP contribution in [0.1, 0.15) is 116 Å². The van der Waals surface area contributed by atoms with Crippen molar-refractivity contribution in [3.05, 3.63) is 12.7 Å². The van der Waals surface area contributed by atoms with Gasteiger partial charge in [-0.3, -0.25) is 0 Å². The predicted octanol–water partition coefficient (Wildman–Crippen LogP) is 7.84. The molecule has 1 nitrogen and oxygen atoms in total. The summed E-state index contributed by atoms with van der Waals surface area (Å²) in [6, 6.07) is 0. The molecule has 0 aromatic heterocycles. The normalized spacial score (nSPS) is 11.0. The summed E-state index contributed by atoms with van der Waals surface area (Å²) in [6.45, 7) is 7.56. The molecule has 0 N–H and O–H groups in total. The molecule has 0 aliphatic carbocycles. The van der Waals surface area contributed by atoms with E-state index in [9.17, 15) is 0 Å². The number of unbranched alkanes of at least 4 members (excludes halogenated alkanes) is 16. The van der Waals surface area contributed by atoms with Gasteiger partial charge in [-0.2, -0.15) is 0 Å². The van der Waals surface area contributed by atoms with Crippen LogP contribution >= 0.6 is 0 Å². The molecule has 0 bridgehead atoms. The summed E-state index contributed by atoms with van der Waals surface area (Å²) >= 11 is 0. The quantitative estimate of drug-likeness (QED) is 0.164. The minimum atomic E-state index is 0.707. The van der Waals surface area contributed by atoms with Crippen molar-refractivity contribution >= 4 is 0 Å². The molecular weight excluding hydrogens is 280 g/mol. The lowest BCUT2D eigenvalue weighted by Gasteiger charge is -2.04. The maximum Gasteiger partial charge on any atom is 0.0644 e. The highest BCUT2D eigenvalue weighted by molar-refractivity contribution is 4.63. The van der Waals surface area contributed by atoms with Crippen molar-refractivity contribution in [2.45, 2.75) is 116 Å². The zero-order valence-electron chi connectivity index (χ0n) is 16.1. The van der Waals surface area contributed by atoms with E-state index in [4.69, 9.17) is 4.74 Å². The molecule has 0 amide bonds. The van der Waals surface area contributed by atoms with E-state index < -0.39 is 0 Å². The molecule has 0 rings (SSSR count). The van der Waals surface area contributed by atoms with E-state index in [-0.39, 0.29) is 0 Å². The van der Waals surface area contributed by atoms with E-state index in [0.717, 1.165) is 6.61 Å². The van der Waals surface area contributed by atoms with Crippen LogP contribution in [0.4, 0.5) is 0 Å². The highest BCUT2D eigenvalue weighted by Crippen LogP contribution is 2.13. The lowest BCUT2D eigenvalue weighted by atomic mass is 10.0. The van der Waals surface area contributed by atoms with Gasteiger partial charge in [0.15, 0.2) is 0 Å². The molecule has 0 aliphatic heterocycles. The third-order valence-corrected chi connectivity index (χ3v) is 4.63. The molecule has 0 fully saturated rings. The maximum absolute atomic E-state index is 5.39. The van der Waals surface area contributed by atoms with Crippen molar-refractivity contribution in [1.29, 1.82) is 0 Å². The fourth-order valence-corrected chi connectivity index (χ4v) is 3.10. The number of hydrogen-bond donors (Lipinski definition) is 0. The molecular formula is C22H44O. The van der Waals surface area contributed by atoms with Gasteiger partial charge in [-0.15, -0.1) is 6.58 Å². The summed E-state index contributed by atoms with van der Waals surface area (Å²) in [5.41, 5.74) is 0. The summed E-state index contributed by atoms with van der Waals surface area (Å²) in [4.78, 5) is 0. The van der Waals surface area contributed by atoms with E-state index in [1.165, 1.54) is 109 Å². The molecule has 0 spiro atoms. The Hall–Kier alpha value is -0.300. The first-order valence-corrected chi connectivity index (χ1v) is 10.6. The fraction of sp³-hybridized carbons (Fsp3) is 0.909. The molecule has 23 heavy (non-hydrogen) atoms. The average Bonchev–Trinajstić information content (AvgIpc) is 2.57. The second-order valence-corrected chi connectivity index (χ2v) is 7.02. The van der Waals surface area contributed by atoms with Gasteiger partial charge in [-0.05, 0) is 6.42 Å². The summed E-state index contributed by atoms with van der Waals surface area (Å²) in [5.74, 6) is 0. The van der Waals surface area contributed by atoms with Crippen molar-refractivity contribution in [3.63, 3.8) is 0 Å². The third-order valence-electron chi connectivity index (χ3n) is 4.63.